The zero-order valence-electron chi connectivity index (χ0n) is 13.8. The Balaban J connectivity index is 1.98. The SMILES string of the molecule is COCCNC(=O)CSc1ccccc1C(=O)Nc1ccc(Cl)cc1. The number of carbonyl (C=O) groups excluding carboxylic acids is 2. The second-order valence-corrected chi connectivity index (χ2v) is 6.54. The van der Waals surface area contributed by atoms with Gasteiger partial charge in [-0.1, -0.05) is 23.7 Å². The third-order valence-corrected chi connectivity index (χ3v) is 4.55. The standard InChI is InChI=1S/C18H19ClN2O3S/c1-24-11-10-20-17(22)12-25-16-5-3-2-4-15(16)18(23)21-14-8-6-13(19)7-9-14/h2-9H,10-12H2,1H3,(H,20,22)(H,21,23). The Morgan fingerprint density at radius 3 is 2.56 bits per heavy atom. The topological polar surface area (TPSA) is 67.4 Å². The predicted octanol–water partition coefficient (Wildman–Crippen LogP) is 3.45. The molecule has 0 aliphatic heterocycles. The molecule has 0 bridgehead atoms. The fraction of sp³-hybridized carbons (Fsp3) is 0.222. The summed E-state index contributed by atoms with van der Waals surface area (Å²) >= 11 is 7.16. The van der Waals surface area contributed by atoms with Crippen molar-refractivity contribution in [2.45, 2.75) is 4.90 Å². The van der Waals surface area contributed by atoms with Crippen LogP contribution in [0.15, 0.2) is 53.4 Å². The second-order valence-electron chi connectivity index (χ2n) is 5.09. The van der Waals surface area contributed by atoms with Gasteiger partial charge in [0, 0.05) is 29.3 Å². The first-order valence-corrected chi connectivity index (χ1v) is 9.01. The molecule has 25 heavy (non-hydrogen) atoms. The van der Waals surface area contributed by atoms with E-state index in [2.05, 4.69) is 10.6 Å². The molecule has 0 saturated carbocycles. The van der Waals surface area contributed by atoms with Crippen LogP contribution in [0.2, 0.25) is 5.02 Å². The first-order chi connectivity index (χ1) is 12.1. The minimum atomic E-state index is -0.231. The van der Waals surface area contributed by atoms with E-state index >= 15 is 0 Å². The molecule has 132 valence electrons. The molecule has 0 saturated heterocycles. The van der Waals surface area contributed by atoms with E-state index in [-0.39, 0.29) is 17.6 Å². The molecule has 0 radical (unpaired) electrons. The van der Waals surface area contributed by atoms with Gasteiger partial charge in [-0.25, -0.2) is 0 Å². The first-order valence-electron chi connectivity index (χ1n) is 7.64. The molecular formula is C18H19ClN2O3S. The minimum Gasteiger partial charge on any atom is -0.383 e. The highest BCUT2D eigenvalue weighted by atomic mass is 35.5. The predicted molar refractivity (Wildman–Crippen MR) is 101 cm³/mol. The lowest BCUT2D eigenvalue weighted by molar-refractivity contribution is -0.118. The summed E-state index contributed by atoms with van der Waals surface area (Å²) in [7, 11) is 1.58. The van der Waals surface area contributed by atoms with Crippen molar-refractivity contribution in [1.29, 1.82) is 0 Å². The van der Waals surface area contributed by atoms with Gasteiger partial charge >= 0.3 is 0 Å². The summed E-state index contributed by atoms with van der Waals surface area (Å²) in [4.78, 5) is 25.0. The van der Waals surface area contributed by atoms with Gasteiger partial charge in [0.2, 0.25) is 5.91 Å². The van der Waals surface area contributed by atoms with E-state index in [4.69, 9.17) is 16.3 Å². The average Bonchev–Trinajstić information content (AvgIpc) is 2.62. The van der Waals surface area contributed by atoms with Crippen LogP contribution < -0.4 is 10.6 Å². The Morgan fingerprint density at radius 2 is 1.84 bits per heavy atom. The largest absolute Gasteiger partial charge is 0.383 e. The normalized spacial score (nSPS) is 10.3. The number of benzene rings is 2. The summed E-state index contributed by atoms with van der Waals surface area (Å²) in [5, 5.41) is 6.18. The number of ether oxygens (including phenoxy) is 1. The van der Waals surface area contributed by atoms with Crippen molar-refractivity contribution < 1.29 is 14.3 Å². The molecule has 0 aromatic heterocycles. The van der Waals surface area contributed by atoms with E-state index in [0.717, 1.165) is 4.90 Å². The molecule has 0 unspecified atom stereocenters. The molecule has 2 aromatic rings. The van der Waals surface area contributed by atoms with Crippen LogP contribution in [0.1, 0.15) is 10.4 Å². The van der Waals surface area contributed by atoms with Crippen LogP contribution in [0, 0.1) is 0 Å². The molecule has 0 aliphatic carbocycles. The number of methoxy groups -OCH3 is 1. The summed E-state index contributed by atoms with van der Waals surface area (Å²) in [6.07, 6.45) is 0. The first kappa shape index (κ1) is 19.3. The smallest absolute Gasteiger partial charge is 0.256 e. The number of hydrogen-bond donors (Lipinski definition) is 2. The number of anilines is 1. The van der Waals surface area contributed by atoms with Gasteiger partial charge in [-0.3, -0.25) is 9.59 Å². The molecular weight excluding hydrogens is 360 g/mol. The lowest BCUT2D eigenvalue weighted by Gasteiger charge is -2.10. The highest BCUT2D eigenvalue weighted by Crippen LogP contribution is 2.24. The lowest BCUT2D eigenvalue weighted by Crippen LogP contribution is -2.28. The Morgan fingerprint density at radius 1 is 1.12 bits per heavy atom. The average molecular weight is 379 g/mol. The van der Waals surface area contributed by atoms with Crippen molar-refractivity contribution in [2.75, 3.05) is 31.3 Å². The maximum atomic E-state index is 12.5. The summed E-state index contributed by atoms with van der Waals surface area (Å²) in [5.74, 6) is -0.102. The van der Waals surface area contributed by atoms with Crippen molar-refractivity contribution in [3.8, 4) is 0 Å². The van der Waals surface area contributed by atoms with Crippen LogP contribution in [0.4, 0.5) is 5.69 Å². The molecule has 0 atom stereocenters. The van der Waals surface area contributed by atoms with Crippen molar-refractivity contribution in [3.05, 3.63) is 59.1 Å². The molecule has 2 N–H and O–H groups in total. The number of hydrogen-bond acceptors (Lipinski definition) is 4. The van der Waals surface area contributed by atoms with Crippen molar-refractivity contribution in [2.24, 2.45) is 0 Å². The Bertz CT molecular complexity index is 723. The third-order valence-electron chi connectivity index (χ3n) is 3.22. The third kappa shape index (κ3) is 6.42. The number of thioether (sulfide) groups is 1. The van der Waals surface area contributed by atoms with Crippen LogP contribution >= 0.6 is 23.4 Å². The highest BCUT2D eigenvalue weighted by Gasteiger charge is 2.13. The quantitative estimate of drug-likeness (QED) is 0.545. The molecule has 0 fully saturated rings. The van der Waals surface area contributed by atoms with Crippen molar-refractivity contribution >= 4 is 40.9 Å². The molecule has 5 nitrogen and oxygen atoms in total. The van der Waals surface area contributed by atoms with Gasteiger partial charge in [0.05, 0.1) is 17.9 Å². The van der Waals surface area contributed by atoms with Crippen LogP contribution in [-0.2, 0) is 9.53 Å². The van der Waals surface area contributed by atoms with Gasteiger partial charge in [-0.05, 0) is 36.4 Å². The zero-order valence-corrected chi connectivity index (χ0v) is 15.3. The van der Waals surface area contributed by atoms with E-state index < -0.39 is 0 Å². The maximum Gasteiger partial charge on any atom is 0.256 e. The van der Waals surface area contributed by atoms with Crippen molar-refractivity contribution in [1.82, 2.24) is 5.32 Å². The van der Waals surface area contributed by atoms with Crippen LogP contribution in [0.25, 0.3) is 0 Å². The Labute approximate surface area is 156 Å². The molecule has 2 rings (SSSR count). The van der Waals surface area contributed by atoms with Gasteiger partial charge in [0.15, 0.2) is 0 Å². The zero-order chi connectivity index (χ0) is 18.1. The summed E-state index contributed by atoms with van der Waals surface area (Å²) in [6.45, 7) is 0.936. The van der Waals surface area contributed by atoms with E-state index in [0.29, 0.717) is 29.4 Å². The molecule has 0 heterocycles. The summed E-state index contributed by atoms with van der Waals surface area (Å²) in [6, 6.07) is 14.1. The minimum absolute atomic E-state index is 0.102. The molecule has 0 aliphatic rings. The number of carbonyl (C=O) groups is 2. The maximum absolute atomic E-state index is 12.5. The number of rotatable bonds is 8. The highest BCUT2D eigenvalue weighted by molar-refractivity contribution is 8.00. The van der Waals surface area contributed by atoms with E-state index in [1.54, 1.807) is 43.5 Å². The summed E-state index contributed by atoms with van der Waals surface area (Å²) < 4.78 is 4.89. The summed E-state index contributed by atoms with van der Waals surface area (Å²) in [5.41, 5.74) is 1.18. The number of nitrogens with one attached hydrogen (secondary N) is 2. The van der Waals surface area contributed by atoms with Crippen LogP contribution in [0.5, 0.6) is 0 Å². The Hall–Kier alpha value is -2.02. The molecule has 2 aromatic carbocycles. The molecule has 0 spiro atoms. The van der Waals surface area contributed by atoms with Crippen molar-refractivity contribution in [3.63, 3.8) is 0 Å². The fourth-order valence-electron chi connectivity index (χ4n) is 2.00. The molecule has 7 heteroatoms. The van der Waals surface area contributed by atoms with Crippen LogP contribution in [0.3, 0.4) is 0 Å². The van der Waals surface area contributed by atoms with Gasteiger partial charge in [-0.2, -0.15) is 0 Å². The van der Waals surface area contributed by atoms with E-state index in [9.17, 15) is 9.59 Å². The molecule has 2 amide bonds. The van der Waals surface area contributed by atoms with E-state index in [1.165, 1.54) is 11.8 Å². The number of amides is 2. The van der Waals surface area contributed by atoms with Gasteiger partial charge < -0.3 is 15.4 Å². The lowest BCUT2D eigenvalue weighted by atomic mass is 10.2. The van der Waals surface area contributed by atoms with Gasteiger partial charge in [0.25, 0.3) is 5.91 Å². The van der Waals surface area contributed by atoms with Gasteiger partial charge in [-0.15, -0.1) is 11.8 Å². The fourth-order valence-corrected chi connectivity index (χ4v) is 3.00. The van der Waals surface area contributed by atoms with Gasteiger partial charge in [0.1, 0.15) is 0 Å². The monoisotopic (exact) mass is 378 g/mol. The Kier molecular flexibility index (Phi) is 7.78. The number of halogens is 1. The van der Waals surface area contributed by atoms with E-state index in [1.807, 2.05) is 12.1 Å². The van der Waals surface area contributed by atoms with Crippen LogP contribution in [-0.4, -0.2) is 37.8 Å². The second kappa shape index (κ2) is 10.1.